The molecule has 3 aromatic rings. The van der Waals surface area contributed by atoms with Crippen molar-refractivity contribution in [2.45, 2.75) is 119 Å². The number of hydrogen-bond donors (Lipinski definition) is 3. The van der Waals surface area contributed by atoms with Crippen molar-refractivity contribution in [2.24, 2.45) is 5.92 Å². The summed E-state index contributed by atoms with van der Waals surface area (Å²) in [7, 11) is -3.89. The molecule has 0 bridgehead atoms. The molecule has 0 spiro atoms. The Bertz CT molecular complexity index is 2120. The number of allylic oxidation sites excluding steroid dienone is 1. The maximum atomic E-state index is 14.6. The van der Waals surface area contributed by atoms with Crippen LogP contribution in [-0.4, -0.2) is 88.7 Å². The number of amides is 4. The zero-order chi connectivity index (χ0) is 38.9. The molecule has 3 N–H and O–H groups in total. The molecule has 1 saturated heterocycles. The third kappa shape index (κ3) is 8.23. The molecule has 8 rings (SSSR count). The Labute approximate surface area is 326 Å². The second kappa shape index (κ2) is 15.8. The Morgan fingerprint density at radius 3 is 2.32 bits per heavy atom. The van der Waals surface area contributed by atoms with E-state index in [1.54, 1.807) is 0 Å². The van der Waals surface area contributed by atoms with Crippen molar-refractivity contribution in [1.82, 2.24) is 30.2 Å². The molecule has 14 nitrogen and oxygen atoms in total. The number of aromatic nitrogens is 2. The lowest BCUT2D eigenvalue weighted by molar-refractivity contribution is -0.141. The van der Waals surface area contributed by atoms with Crippen molar-refractivity contribution < 1.29 is 37.1 Å². The molecule has 296 valence electrons. The number of carbonyl (C=O) groups is 4. The molecule has 56 heavy (non-hydrogen) atoms. The van der Waals surface area contributed by atoms with Crippen LogP contribution in [0.25, 0.3) is 22.3 Å². The number of nitrogens with one attached hydrogen (secondary N) is 3. The van der Waals surface area contributed by atoms with Crippen molar-refractivity contribution in [2.75, 3.05) is 6.54 Å². The van der Waals surface area contributed by atoms with Gasteiger partial charge in [0.15, 0.2) is 0 Å². The summed E-state index contributed by atoms with van der Waals surface area (Å²) in [5, 5.41) is 5.10. The first-order valence-electron chi connectivity index (χ1n) is 19.9. The van der Waals surface area contributed by atoms with Gasteiger partial charge in [-0.1, -0.05) is 67.5 Å². The minimum Gasteiger partial charge on any atom is -0.471 e. The molecule has 3 saturated carbocycles. The fraction of sp³-hybridized carbons (Fsp3) is 0.512. The van der Waals surface area contributed by atoms with Crippen LogP contribution in [0.3, 0.4) is 0 Å². The van der Waals surface area contributed by atoms with Crippen molar-refractivity contribution in [1.29, 1.82) is 0 Å². The number of nitrogens with zero attached hydrogens (tertiary/aromatic N) is 3. The summed E-state index contributed by atoms with van der Waals surface area (Å²) in [6.45, 7) is -0.0197. The molecule has 5 aliphatic rings. The van der Waals surface area contributed by atoms with Crippen molar-refractivity contribution in [3.63, 3.8) is 0 Å². The Morgan fingerprint density at radius 2 is 1.57 bits per heavy atom. The van der Waals surface area contributed by atoms with Crippen molar-refractivity contribution in [3.8, 4) is 17.1 Å². The largest absolute Gasteiger partial charge is 0.471 e. The standard InChI is InChI=1S/C41H48N6O8S/c48-36-34-23-29(54-37-35(26-13-5-4-6-14-26)42-31-18-11-12-19-32(31)43-37)25-47(34)38(49)33(44-40(51)55-28-16-9-10-17-28)20-8-3-1-2-7-15-27-24-41(27,45-36)39(50)46-56(52,53)30-21-22-30/h4-7,11-15,18-19,27-30,33-34H,1-3,8-10,16-17,20-25H2,(H,44,51)(H,45,48)(H,46,50)/b15-7-/t27-,29-,33+,34+,41-/m1/s1. The zero-order valence-corrected chi connectivity index (χ0v) is 32.0. The molecule has 4 amide bonds. The fourth-order valence-electron chi connectivity index (χ4n) is 8.19. The maximum Gasteiger partial charge on any atom is 0.408 e. The first kappa shape index (κ1) is 37.9. The van der Waals surface area contributed by atoms with E-state index < -0.39 is 68.7 Å². The molecule has 1 aromatic heterocycles. The Hall–Kier alpha value is -5.05. The van der Waals surface area contributed by atoms with Gasteiger partial charge < -0.3 is 25.0 Å². The van der Waals surface area contributed by atoms with Crippen molar-refractivity contribution in [3.05, 3.63) is 66.7 Å². The number of para-hydroxylation sites is 2. The molecule has 2 aromatic carbocycles. The van der Waals surface area contributed by atoms with E-state index in [4.69, 9.17) is 19.4 Å². The highest BCUT2D eigenvalue weighted by atomic mass is 32.2. The van der Waals surface area contributed by atoms with E-state index in [9.17, 15) is 27.6 Å². The number of hydrogen-bond acceptors (Lipinski definition) is 10. The van der Waals surface area contributed by atoms with Crippen LogP contribution in [0, 0.1) is 5.92 Å². The minimum absolute atomic E-state index is 0.0197. The van der Waals surface area contributed by atoms with Gasteiger partial charge in [0.2, 0.25) is 27.7 Å². The van der Waals surface area contributed by atoms with Gasteiger partial charge in [-0.25, -0.2) is 23.2 Å². The Kier molecular flexibility index (Phi) is 10.7. The van der Waals surface area contributed by atoms with E-state index in [-0.39, 0.29) is 31.4 Å². The monoisotopic (exact) mass is 784 g/mol. The molecule has 5 atom stereocenters. The zero-order valence-electron chi connectivity index (χ0n) is 31.2. The van der Waals surface area contributed by atoms with Gasteiger partial charge in [-0.2, -0.15) is 0 Å². The van der Waals surface area contributed by atoms with E-state index >= 15 is 0 Å². The minimum atomic E-state index is -3.89. The first-order valence-corrected chi connectivity index (χ1v) is 21.5. The molecule has 15 heteroatoms. The third-order valence-electron chi connectivity index (χ3n) is 11.6. The maximum absolute atomic E-state index is 14.6. The summed E-state index contributed by atoms with van der Waals surface area (Å²) in [5.41, 5.74) is 1.05. The van der Waals surface area contributed by atoms with Gasteiger partial charge in [-0.15, -0.1) is 0 Å². The number of ether oxygens (including phenoxy) is 2. The number of fused-ring (bicyclic) bond motifs is 3. The van der Waals surface area contributed by atoms with E-state index in [2.05, 4.69) is 15.4 Å². The smallest absolute Gasteiger partial charge is 0.408 e. The van der Waals surface area contributed by atoms with E-state index in [0.717, 1.165) is 44.1 Å². The number of benzene rings is 2. The highest BCUT2D eigenvalue weighted by molar-refractivity contribution is 7.91. The van der Waals surface area contributed by atoms with Crippen LogP contribution in [0.15, 0.2) is 66.7 Å². The first-order chi connectivity index (χ1) is 27.1. The molecular formula is C41H48N6O8S. The van der Waals surface area contributed by atoms with Gasteiger partial charge in [0.1, 0.15) is 35.5 Å². The van der Waals surface area contributed by atoms with Crippen LogP contribution in [0.4, 0.5) is 4.79 Å². The molecule has 3 aliphatic carbocycles. The highest BCUT2D eigenvalue weighted by Gasteiger charge is 2.62. The van der Waals surface area contributed by atoms with Crippen LogP contribution >= 0.6 is 0 Å². The van der Waals surface area contributed by atoms with Gasteiger partial charge >= 0.3 is 6.09 Å². The third-order valence-corrected chi connectivity index (χ3v) is 13.4. The fourth-order valence-corrected chi connectivity index (χ4v) is 9.55. The summed E-state index contributed by atoms with van der Waals surface area (Å²) in [5.74, 6) is -2.06. The van der Waals surface area contributed by atoms with Crippen LogP contribution in [0.1, 0.15) is 83.5 Å². The average Bonchev–Trinajstić information content (AvgIpc) is 4.06. The van der Waals surface area contributed by atoms with Crippen LogP contribution in [-0.2, 0) is 29.1 Å². The Balaban J connectivity index is 1.11. The van der Waals surface area contributed by atoms with Gasteiger partial charge in [-0.05, 0) is 76.3 Å². The van der Waals surface area contributed by atoms with E-state index in [1.165, 1.54) is 4.90 Å². The van der Waals surface area contributed by atoms with Gasteiger partial charge in [0.05, 0.1) is 22.8 Å². The average molecular weight is 785 g/mol. The molecular weight excluding hydrogens is 737 g/mol. The van der Waals surface area contributed by atoms with Crippen LogP contribution in [0.2, 0.25) is 0 Å². The lowest BCUT2D eigenvalue weighted by Gasteiger charge is -2.30. The molecule has 3 heterocycles. The summed E-state index contributed by atoms with van der Waals surface area (Å²) in [6, 6.07) is 14.8. The summed E-state index contributed by atoms with van der Waals surface area (Å²) < 4.78 is 40.3. The SMILES string of the molecule is O=C(N[C@H]1CCCCC/C=C\[C@@H]2C[C@@]2(C(=O)NS(=O)(=O)C2CC2)NC(=O)[C@@H]2C[C@@H](Oc3nc4ccccc4nc3-c3ccccc3)CN2C1=O)OC1CCCC1. The number of rotatable bonds is 8. The number of sulfonamides is 1. The second-order valence-electron chi connectivity index (χ2n) is 15.7. The molecule has 0 radical (unpaired) electrons. The quantitative estimate of drug-likeness (QED) is 0.271. The van der Waals surface area contributed by atoms with Gasteiger partial charge in [0.25, 0.3) is 5.91 Å². The predicted molar refractivity (Wildman–Crippen MR) is 206 cm³/mol. The van der Waals surface area contributed by atoms with Crippen LogP contribution < -0.4 is 20.1 Å². The Morgan fingerprint density at radius 1 is 0.857 bits per heavy atom. The number of carbonyl (C=O) groups excluding carboxylic acids is 4. The van der Waals surface area contributed by atoms with Crippen LogP contribution in [0.5, 0.6) is 5.88 Å². The normalized spacial score (nSPS) is 27.9. The van der Waals surface area contributed by atoms with Gasteiger partial charge in [0, 0.05) is 17.9 Å². The lowest BCUT2D eigenvalue weighted by atomic mass is 10.0. The molecule has 0 unspecified atom stereocenters. The number of alkyl carbamates (subject to hydrolysis) is 1. The summed E-state index contributed by atoms with van der Waals surface area (Å²) >= 11 is 0. The van der Waals surface area contributed by atoms with Gasteiger partial charge in [-0.3, -0.25) is 19.1 Å². The predicted octanol–water partition coefficient (Wildman–Crippen LogP) is 4.69. The van der Waals surface area contributed by atoms with E-state index in [1.807, 2.05) is 66.7 Å². The van der Waals surface area contributed by atoms with E-state index in [0.29, 0.717) is 48.8 Å². The second-order valence-corrected chi connectivity index (χ2v) is 17.7. The van der Waals surface area contributed by atoms with Crippen molar-refractivity contribution >= 4 is 44.9 Å². The highest BCUT2D eigenvalue weighted by Crippen LogP contribution is 2.46. The summed E-state index contributed by atoms with van der Waals surface area (Å²) in [6.07, 6.45) is 10.2. The molecule has 2 aliphatic heterocycles. The molecule has 4 fully saturated rings. The topological polar surface area (TPSA) is 186 Å². The lowest BCUT2D eigenvalue weighted by Crippen LogP contribution is -2.58. The summed E-state index contributed by atoms with van der Waals surface area (Å²) in [4.78, 5) is 67.2.